The second kappa shape index (κ2) is 9.42. The van der Waals surface area contributed by atoms with E-state index in [4.69, 9.17) is 4.42 Å². The third-order valence-electron chi connectivity index (χ3n) is 7.06. The molecule has 0 amide bonds. The molecular weight excluding hydrogens is 462 g/mol. The molecule has 0 N–H and O–H groups in total. The average Bonchev–Trinajstić information content (AvgIpc) is 3.37. The summed E-state index contributed by atoms with van der Waals surface area (Å²) in [6, 6.07) is 53.2. The summed E-state index contributed by atoms with van der Waals surface area (Å²) in [7, 11) is 0. The number of furan rings is 1. The van der Waals surface area contributed by atoms with Crippen LogP contribution in [0, 0.1) is 0 Å². The molecule has 38 heavy (non-hydrogen) atoms. The van der Waals surface area contributed by atoms with Crippen molar-refractivity contribution in [1.82, 2.24) is 0 Å². The maximum atomic E-state index is 6.32. The van der Waals surface area contributed by atoms with Gasteiger partial charge in [0, 0.05) is 39.3 Å². The number of anilines is 3. The first kappa shape index (κ1) is 22.1. The fraction of sp³-hybridized carbons (Fsp3) is 0. The Morgan fingerprint density at radius 2 is 0.947 bits per heavy atom. The second-order valence-corrected chi connectivity index (χ2v) is 9.38. The van der Waals surface area contributed by atoms with E-state index in [1.165, 1.54) is 22.3 Å². The van der Waals surface area contributed by atoms with E-state index in [2.05, 4.69) is 144 Å². The number of hydrogen-bond acceptors (Lipinski definition) is 2. The average molecular weight is 488 g/mol. The van der Waals surface area contributed by atoms with Gasteiger partial charge in [-0.25, -0.2) is 0 Å². The maximum Gasteiger partial charge on any atom is 0.137 e. The van der Waals surface area contributed by atoms with E-state index in [1.54, 1.807) is 0 Å². The number of nitrogens with zero attached hydrogens (tertiary/aromatic N) is 1. The zero-order chi connectivity index (χ0) is 25.3. The summed E-state index contributed by atoms with van der Waals surface area (Å²) in [5, 5.41) is 2.26. The third kappa shape index (κ3) is 3.84. The fourth-order valence-corrected chi connectivity index (χ4v) is 5.32. The Labute approximate surface area is 222 Å². The van der Waals surface area contributed by atoms with Gasteiger partial charge in [-0.2, -0.15) is 0 Å². The topological polar surface area (TPSA) is 16.4 Å². The molecule has 7 rings (SSSR count). The van der Waals surface area contributed by atoms with E-state index in [-0.39, 0.29) is 0 Å². The zero-order valence-corrected chi connectivity index (χ0v) is 20.8. The minimum absolute atomic E-state index is 0.878. The molecule has 0 aliphatic rings. The monoisotopic (exact) mass is 487 g/mol. The molecule has 0 fully saturated rings. The largest absolute Gasteiger partial charge is 0.456 e. The lowest BCUT2D eigenvalue weighted by Gasteiger charge is -2.30. The van der Waals surface area contributed by atoms with Gasteiger partial charge in [0.05, 0.1) is 5.69 Å². The van der Waals surface area contributed by atoms with Gasteiger partial charge in [-0.3, -0.25) is 0 Å². The maximum absolute atomic E-state index is 6.32. The molecule has 0 spiro atoms. The van der Waals surface area contributed by atoms with Gasteiger partial charge >= 0.3 is 0 Å². The predicted molar refractivity (Wildman–Crippen MR) is 159 cm³/mol. The minimum atomic E-state index is 0.878. The van der Waals surface area contributed by atoms with E-state index in [1.807, 2.05) is 12.1 Å². The van der Waals surface area contributed by atoms with E-state index in [0.717, 1.165) is 39.0 Å². The summed E-state index contributed by atoms with van der Waals surface area (Å²) in [6.45, 7) is 0. The van der Waals surface area contributed by atoms with Crippen molar-refractivity contribution < 1.29 is 4.42 Å². The second-order valence-electron chi connectivity index (χ2n) is 9.38. The molecule has 7 aromatic rings. The summed E-state index contributed by atoms with van der Waals surface area (Å²) in [5.74, 6) is 0. The van der Waals surface area contributed by atoms with E-state index >= 15 is 0 Å². The highest BCUT2D eigenvalue weighted by molar-refractivity contribution is 6.07. The Bertz CT molecular complexity index is 1800. The number of fused-ring (bicyclic) bond motifs is 3. The molecule has 0 saturated carbocycles. The number of benzene rings is 6. The van der Waals surface area contributed by atoms with Gasteiger partial charge in [0.2, 0.25) is 0 Å². The Balaban J connectivity index is 1.54. The van der Waals surface area contributed by atoms with Crippen LogP contribution in [0.25, 0.3) is 44.2 Å². The molecule has 180 valence electrons. The Kier molecular flexibility index (Phi) is 5.49. The molecule has 6 aromatic carbocycles. The van der Waals surface area contributed by atoms with E-state index in [9.17, 15) is 0 Å². The van der Waals surface area contributed by atoms with Gasteiger partial charge in [0.25, 0.3) is 0 Å². The summed E-state index contributed by atoms with van der Waals surface area (Å²) >= 11 is 0. The van der Waals surface area contributed by atoms with Gasteiger partial charge in [0.1, 0.15) is 11.2 Å². The van der Waals surface area contributed by atoms with Crippen LogP contribution < -0.4 is 4.90 Å². The first-order valence-corrected chi connectivity index (χ1v) is 12.9. The summed E-state index contributed by atoms with van der Waals surface area (Å²) in [6.07, 6.45) is 0. The molecule has 2 heteroatoms. The summed E-state index contributed by atoms with van der Waals surface area (Å²) in [5.41, 5.74) is 9.72. The highest BCUT2D eigenvalue weighted by Crippen LogP contribution is 2.47. The molecule has 0 unspecified atom stereocenters. The van der Waals surface area contributed by atoms with Crippen molar-refractivity contribution in [2.75, 3.05) is 4.90 Å². The SMILES string of the molecule is c1ccc(-c2cccc(-c3ccccc3)c2N(c2ccccc2)c2ccc3c(c2)oc2ccccc23)cc1. The fourth-order valence-electron chi connectivity index (χ4n) is 5.32. The van der Waals surface area contributed by atoms with Crippen LogP contribution in [-0.2, 0) is 0 Å². The van der Waals surface area contributed by atoms with Crippen molar-refractivity contribution in [2.24, 2.45) is 0 Å². The normalized spacial score (nSPS) is 11.2. The highest BCUT2D eigenvalue weighted by atomic mass is 16.3. The molecule has 0 bridgehead atoms. The van der Waals surface area contributed by atoms with Crippen molar-refractivity contribution in [3.8, 4) is 22.3 Å². The lowest BCUT2D eigenvalue weighted by atomic mass is 9.94. The van der Waals surface area contributed by atoms with Gasteiger partial charge in [-0.05, 0) is 41.5 Å². The minimum Gasteiger partial charge on any atom is -0.456 e. The van der Waals surface area contributed by atoms with Crippen LogP contribution in [0.15, 0.2) is 156 Å². The molecule has 0 saturated heterocycles. The zero-order valence-electron chi connectivity index (χ0n) is 20.8. The Morgan fingerprint density at radius 1 is 0.395 bits per heavy atom. The van der Waals surface area contributed by atoms with Gasteiger partial charge < -0.3 is 9.32 Å². The molecule has 1 aromatic heterocycles. The summed E-state index contributed by atoms with van der Waals surface area (Å²) < 4.78 is 6.32. The van der Waals surface area contributed by atoms with Crippen molar-refractivity contribution >= 4 is 39.0 Å². The van der Waals surface area contributed by atoms with Crippen molar-refractivity contribution in [3.63, 3.8) is 0 Å². The molecular formula is C36H25NO. The Morgan fingerprint density at radius 3 is 1.61 bits per heavy atom. The van der Waals surface area contributed by atoms with Crippen LogP contribution in [0.2, 0.25) is 0 Å². The van der Waals surface area contributed by atoms with Crippen LogP contribution in [-0.4, -0.2) is 0 Å². The molecule has 0 aliphatic heterocycles. The van der Waals surface area contributed by atoms with Gasteiger partial charge in [0.15, 0.2) is 0 Å². The smallest absolute Gasteiger partial charge is 0.137 e. The van der Waals surface area contributed by atoms with E-state index < -0.39 is 0 Å². The standard InChI is InChI=1S/C36H25NO/c1-4-13-26(14-5-1)30-20-12-21-31(27-15-6-2-7-16-27)36(30)37(28-17-8-3-9-18-28)29-23-24-33-32-19-10-11-22-34(32)38-35(33)25-29/h1-25H. The lowest BCUT2D eigenvalue weighted by molar-refractivity contribution is 0.669. The van der Waals surface area contributed by atoms with Crippen LogP contribution in [0.1, 0.15) is 0 Å². The molecule has 0 atom stereocenters. The van der Waals surface area contributed by atoms with Crippen molar-refractivity contribution in [1.29, 1.82) is 0 Å². The van der Waals surface area contributed by atoms with E-state index in [0.29, 0.717) is 0 Å². The van der Waals surface area contributed by atoms with Crippen LogP contribution in [0.4, 0.5) is 17.1 Å². The van der Waals surface area contributed by atoms with Crippen LogP contribution in [0.3, 0.4) is 0 Å². The predicted octanol–water partition coefficient (Wildman–Crippen LogP) is 10.4. The number of hydrogen-bond donors (Lipinski definition) is 0. The quantitative estimate of drug-likeness (QED) is 0.240. The first-order valence-electron chi connectivity index (χ1n) is 12.9. The molecule has 1 heterocycles. The van der Waals surface area contributed by atoms with Crippen LogP contribution in [0.5, 0.6) is 0 Å². The van der Waals surface area contributed by atoms with Crippen molar-refractivity contribution in [3.05, 3.63) is 152 Å². The van der Waals surface area contributed by atoms with Crippen molar-refractivity contribution in [2.45, 2.75) is 0 Å². The molecule has 0 radical (unpaired) electrons. The van der Waals surface area contributed by atoms with Gasteiger partial charge in [-0.1, -0.05) is 115 Å². The first-order chi connectivity index (χ1) is 18.9. The highest BCUT2D eigenvalue weighted by Gasteiger charge is 2.22. The van der Waals surface area contributed by atoms with Gasteiger partial charge in [-0.15, -0.1) is 0 Å². The lowest BCUT2D eigenvalue weighted by Crippen LogP contribution is -2.12. The summed E-state index contributed by atoms with van der Waals surface area (Å²) in [4.78, 5) is 2.36. The molecule has 2 nitrogen and oxygen atoms in total. The number of rotatable bonds is 5. The number of para-hydroxylation sites is 3. The Hall–Kier alpha value is -5.08. The van der Waals surface area contributed by atoms with Crippen LogP contribution >= 0.6 is 0 Å². The molecule has 0 aliphatic carbocycles. The third-order valence-corrected chi connectivity index (χ3v) is 7.06.